The minimum Gasteiger partial charge on any atom is -0.293 e. The van der Waals surface area contributed by atoms with Gasteiger partial charge < -0.3 is 0 Å². The van der Waals surface area contributed by atoms with Gasteiger partial charge in [0.05, 0.1) is 11.4 Å². The molecule has 5 nitrogen and oxygen atoms in total. The Hall–Kier alpha value is -1.85. The van der Waals surface area contributed by atoms with E-state index in [-0.39, 0.29) is 11.6 Å². The van der Waals surface area contributed by atoms with Crippen LogP contribution in [0.25, 0.3) is 0 Å². The van der Waals surface area contributed by atoms with Crippen molar-refractivity contribution < 1.29 is 0 Å². The number of nitrogens with zero attached hydrogens (tertiary/aromatic N) is 4. The van der Waals surface area contributed by atoms with Gasteiger partial charge in [0.2, 0.25) is 0 Å². The summed E-state index contributed by atoms with van der Waals surface area (Å²) in [7, 11) is 0. The first kappa shape index (κ1) is 13.8. The van der Waals surface area contributed by atoms with Crippen molar-refractivity contribution in [1.82, 2.24) is 25.2 Å². The Morgan fingerprint density at radius 2 is 2.00 bits per heavy atom. The number of nitrogens with one attached hydrogen (secondary N) is 1. The van der Waals surface area contributed by atoms with Gasteiger partial charge in [-0.2, -0.15) is 0 Å². The number of hydrogen-bond donors (Lipinski definition) is 1. The molecule has 4 rings (SSSR count). The standard InChI is InChI=1S/C17H21N5/c1-2-7-20-16(5-1)17(22-11-3-4-12-22)14(6-8-21-17)15-13-18-9-10-19-15/h1-2,5,7,9-10,13-14,21H,3-4,6,8,11-12H2. The van der Waals surface area contributed by atoms with Gasteiger partial charge >= 0.3 is 0 Å². The van der Waals surface area contributed by atoms with Crippen molar-refractivity contribution in [2.45, 2.75) is 30.8 Å². The third kappa shape index (κ3) is 2.12. The third-order valence-corrected chi connectivity index (χ3v) is 4.93. The second-order valence-corrected chi connectivity index (χ2v) is 6.07. The summed E-state index contributed by atoms with van der Waals surface area (Å²) < 4.78 is 0. The predicted octanol–water partition coefficient (Wildman–Crippen LogP) is 1.90. The molecule has 0 aliphatic carbocycles. The number of aromatic nitrogens is 3. The third-order valence-electron chi connectivity index (χ3n) is 4.93. The minimum absolute atomic E-state index is 0.242. The van der Waals surface area contributed by atoms with Gasteiger partial charge in [0, 0.05) is 43.8 Å². The highest BCUT2D eigenvalue weighted by atomic mass is 15.4. The first-order valence-corrected chi connectivity index (χ1v) is 8.09. The van der Waals surface area contributed by atoms with E-state index in [0.29, 0.717) is 0 Å². The molecule has 0 saturated carbocycles. The molecule has 0 aromatic carbocycles. The average molecular weight is 295 g/mol. The van der Waals surface area contributed by atoms with Crippen molar-refractivity contribution in [3.63, 3.8) is 0 Å². The molecule has 2 saturated heterocycles. The molecular weight excluding hydrogens is 274 g/mol. The summed E-state index contributed by atoms with van der Waals surface area (Å²) in [6.07, 6.45) is 10.9. The summed E-state index contributed by atoms with van der Waals surface area (Å²) in [4.78, 5) is 16.1. The normalized spacial score (nSPS) is 29.0. The molecule has 0 radical (unpaired) electrons. The fraction of sp³-hybridized carbons (Fsp3) is 0.471. The van der Waals surface area contributed by atoms with Crippen LogP contribution < -0.4 is 5.32 Å². The molecule has 22 heavy (non-hydrogen) atoms. The Kier molecular flexibility index (Phi) is 3.60. The highest BCUT2D eigenvalue weighted by Crippen LogP contribution is 2.45. The zero-order chi connectivity index (χ0) is 14.8. The monoisotopic (exact) mass is 295 g/mol. The fourth-order valence-electron chi connectivity index (χ4n) is 4.01. The van der Waals surface area contributed by atoms with E-state index in [9.17, 15) is 0 Å². The van der Waals surface area contributed by atoms with Crippen LogP contribution in [0.15, 0.2) is 43.0 Å². The lowest BCUT2D eigenvalue weighted by Crippen LogP contribution is -2.55. The molecule has 5 heteroatoms. The first-order valence-electron chi connectivity index (χ1n) is 8.09. The average Bonchev–Trinajstić information content (AvgIpc) is 3.26. The van der Waals surface area contributed by atoms with Gasteiger partial charge in [-0.25, -0.2) is 0 Å². The van der Waals surface area contributed by atoms with Crippen LogP contribution in [0.2, 0.25) is 0 Å². The molecule has 0 bridgehead atoms. The zero-order valence-corrected chi connectivity index (χ0v) is 12.7. The van der Waals surface area contributed by atoms with Crippen LogP contribution >= 0.6 is 0 Å². The van der Waals surface area contributed by atoms with E-state index in [1.54, 1.807) is 12.4 Å². The topological polar surface area (TPSA) is 53.9 Å². The quantitative estimate of drug-likeness (QED) is 0.937. The Morgan fingerprint density at radius 3 is 2.73 bits per heavy atom. The Bertz CT molecular complexity index is 611. The summed E-state index contributed by atoms with van der Waals surface area (Å²) in [6, 6.07) is 6.20. The molecule has 2 aliphatic rings. The molecule has 2 aliphatic heterocycles. The Balaban J connectivity index is 1.83. The molecule has 2 fully saturated rings. The highest BCUT2D eigenvalue weighted by Gasteiger charge is 2.51. The van der Waals surface area contributed by atoms with Crippen LogP contribution in [-0.4, -0.2) is 39.5 Å². The lowest BCUT2D eigenvalue weighted by atomic mass is 9.86. The van der Waals surface area contributed by atoms with Crippen molar-refractivity contribution in [3.05, 3.63) is 54.4 Å². The van der Waals surface area contributed by atoms with Crippen LogP contribution in [0, 0.1) is 0 Å². The van der Waals surface area contributed by atoms with Crippen molar-refractivity contribution in [3.8, 4) is 0 Å². The van der Waals surface area contributed by atoms with E-state index < -0.39 is 0 Å². The van der Waals surface area contributed by atoms with E-state index in [1.165, 1.54) is 12.8 Å². The number of likely N-dealkylation sites (tertiary alicyclic amines) is 1. The number of rotatable bonds is 3. The van der Waals surface area contributed by atoms with Crippen LogP contribution in [-0.2, 0) is 5.66 Å². The van der Waals surface area contributed by atoms with Gasteiger partial charge in [-0.05, 0) is 37.9 Å². The fourth-order valence-corrected chi connectivity index (χ4v) is 4.01. The second-order valence-electron chi connectivity index (χ2n) is 6.07. The van der Waals surface area contributed by atoms with E-state index in [0.717, 1.165) is 37.4 Å². The molecule has 0 amide bonds. The Labute approximate surface area is 130 Å². The molecule has 2 aromatic rings. The summed E-state index contributed by atoms with van der Waals surface area (Å²) in [6.45, 7) is 3.20. The predicted molar refractivity (Wildman–Crippen MR) is 84.1 cm³/mol. The summed E-state index contributed by atoms with van der Waals surface area (Å²) in [5.74, 6) is 0.286. The maximum Gasteiger partial charge on any atom is 0.123 e. The molecule has 1 N–H and O–H groups in total. The van der Waals surface area contributed by atoms with Gasteiger partial charge in [-0.1, -0.05) is 6.07 Å². The van der Waals surface area contributed by atoms with Crippen molar-refractivity contribution in [1.29, 1.82) is 0 Å². The van der Waals surface area contributed by atoms with Gasteiger partial charge in [0.25, 0.3) is 0 Å². The molecular formula is C17H21N5. The highest BCUT2D eigenvalue weighted by molar-refractivity contribution is 5.27. The van der Waals surface area contributed by atoms with E-state index >= 15 is 0 Å². The second kappa shape index (κ2) is 5.74. The van der Waals surface area contributed by atoms with Gasteiger partial charge in [0.1, 0.15) is 5.66 Å². The van der Waals surface area contributed by atoms with Crippen molar-refractivity contribution >= 4 is 0 Å². The van der Waals surface area contributed by atoms with Crippen molar-refractivity contribution in [2.24, 2.45) is 0 Å². The van der Waals surface area contributed by atoms with E-state index in [4.69, 9.17) is 4.98 Å². The van der Waals surface area contributed by atoms with Crippen LogP contribution in [0.1, 0.15) is 36.6 Å². The lowest BCUT2D eigenvalue weighted by Gasteiger charge is -2.42. The maximum atomic E-state index is 4.70. The molecule has 2 unspecified atom stereocenters. The first-order chi connectivity index (χ1) is 10.9. The van der Waals surface area contributed by atoms with E-state index in [1.807, 2.05) is 18.5 Å². The van der Waals surface area contributed by atoms with E-state index in [2.05, 4.69) is 32.3 Å². The minimum atomic E-state index is -0.242. The van der Waals surface area contributed by atoms with Crippen molar-refractivity contribution in [2.75, 3.05) is 19.6 Å². The summed E-state index contributed by atoms with van der Waals surface area (Å²) in [5.41, 5.74) is 1.92. The lowest BCUT2D eigenvalue weighted by molar-refractivity contribution is 0.0727. The summed E-state index contributed by atoms with van der Waals surface area (Å²) >= 11 is 0. The molecule has 4 heterocycles. The van der Waals surface area contributed by atoms with Crippen LogP contribution in [0.3, 0.4) is 0 Å². The van der Waals surface area contributed by atoms with Crippen LogP contribution in [0.4, 0.5) is 0 Å². The number of pyridine rings is 1. The van der Waals surface area contributed by atoms with Gasteiger partial charge in [-0.15, -0.1) is 0 Å². The SMILES string of the molecule is c1ccc(C2(N3CCCC3)NCCC2c2cnccn2)nc1. The summed E-state index contributed by atoms with van der Waals surface area (Å²) in [5, 5.41) is 3.77. The molecule has 2 aromatic heterocycles. The molecule has 114 valence electrons. The smallest absolute Gasteiger partial charge is 0.123 e. The maximum absolute atomic E-state index is 4.70. The zero-order valence-electron chi connectivity index (χ0n) is 12.7. The number of hydrogen-bond acceptors (Lipinski definition) is 5. The molecule has 2 atom stereocenters. The Morgan fingerprint density at radius 1 is 1.09 bits per heavy atom. The molecule has 0 spiro atoms. The van der Waals surface area contributed by atoms with Gasteiger partial charge in [0.15, 0.2) is 0 Å². The van der Waals surface area contributed by atoms with Gasteiger partial charge in [-0.3, -0.25) is 25.2 Å². The van der Waals surface area contributed by atoms with Crippen LogP contribution in [0.5, 0.6) is 0 Å². The largest absolute Gasteiger partial charge is 0.293 e.